The lowest BCUT2D eigenvalue weighted by Gasteiger charge is -2.22. The summed E-state index contributed by atoms with van der Waals surface area (Å²) in [6.45, 7) is 1.10. The quantitative estimate of drug-likeness (QED) is 0.605. The summed E-state index contributed by atoms with van der Waals surface area (Å²) in [5, 5.41) is 6.00. The van der Waals surface area contributed by atoms with E-state index in [1.54, 1.807) is 12.0 Å². The minimum atomic E-state index is -0.645. The van der Waals surface area contributed by atoms with Gasteiger partial charge in [0.15, 0.2) is 0 Å². The third-order valence-corrected chi connectivity index (χ3v) is 4.62. The third-order valence-electron chi connectivity index (χ3n) is 3.76. The molecule has 0 radical (unpaired) electrons. The lowest BCUT2D eigenvalue weighted by atomic mass is 10.2. The van der Waals surface area contributed by atoms with Gasteiger partial charge in [0.2, 0.25) is 5.91 Å². The van der Waals surface area contributed by atoms with Crippen LogP contribution in [0.1, 0.15) is 5.56 Å². The first-order valence-corrected chi connectivity index (χ1v) is 8.98. The smallest absolute Gasteiger partial charge is 0.387 e. The highest BCUT2D eigenvalue weighted by molar-refractivity contribution is 7.13. The molecule has 0 atom stereocenters. The number of hydrogen-bond acceptors (Lipinski definition) is 6. The Kier molecular flexibility index (Phi) is 5.98. The van der Waals surface area contributed by atoms with Crippen LogP contribution in [0.2, 0.25) is 0 Å². The van der Waals surface area contributed by atoms with Gasteiger partial charge in [-0.1, -0.05) is 36.4 Å². The Bertz CT molecular complexity index is 887. The van der Waals surface area contributed by atoms with Gasteiger partial charge in [0.05, 0.1) is 11.5 Å². The van der Waals surface area contributed by atoms with E-state index in [1.165, 1.54) is 11.3 Å². The van der Waals surface area contributed by atoms with E-state index >= 15 is 0 Å². The van der Waals surface area contributed by atoms with Crippen LogP contribution < -0.4 is 5.76 Å². The van der Waals surface area contributed by atoms with Crippen molar-refractivity contribution < 1.29 is 13.9 Å². The third kappa shape index (κ3) is 4.47. The van der Waals surface area contributed by atoms with Crippen LogP contribution in [0, 0.1) is 0 Å². The number of nitrogens with zero attached hydrogens (tertiary/aromatic N) is 3. The van der Waals surface area contributed by atoms with Crippen LogP contribution in [0.25, 0.3) is 10.8 Å². The number of amides is 1. The normalized spacial score (nSPS) is 10.8. The monoisotopic (exact) mass is 373 g/mol. The molecule has 3 aromatic rings. The number of methoxy groups -OCH3 is 1. The first-order valence-electron chi connectivity index (χ1n) is 8.10. The van der Waals surface area contributed by atoms with Crippen molar-refractivity contribution in [3.05, 3.63) is 64.0 Å². The fourth-order valence-electron chi connectivity index (χ4n) is 2.43. The molecule has 0 saturated heterocycles. The Morgan fingerprint density at radius 2 is 2.08 bits per heavy atom. The number of benzene rings is 1. The Labute approximate surface area is 154 Å². The van der Waals surface area contributed by atoms with E-state index in [0.717, 1.165) is 15.1 Å². The zero-order valence-corrected chi connectivity index (χ0v) is 15.1. The predicted octanol–water partition coefficient (Wildman–Crippen LogP) is 2.24. The highest BCUT2D eigenvalue weighted by atomic mass is 32.1. The zero-order chi connectivity index (χ0) is 18.4. The van der Waals surface area contributed by atoms with Crippen molar-refractivity contribution in [3.8, 4) is 10.8 Å². The summed E-state index contributed by atoms with van der Waals surface area (Å²) in [5.41, 5.74) is 1.00. The maximum Gasteiger partial charge on any atom is 0.437 e. The Morgan fingerprint density at radius 3 is 2.77 bits per heavy atom. The topological polar surface area (TPSA) is 77.6 Å². The average molecular weight is 373 g/mol. The molecule has 0 aliphatic carbocycles. The SMILES string of the molecule is COCCN(Cc1ccccc1)C(=O)Cn1nc(-c2cccs2)oc1=O. The van der Waals surface area contributed by atoms with Crippen molar-refractivity contribution in [1.82, 2.24) is 14.7 Å². The van der Waals surface area contributed by atoms with Crippen LogP contribution in [0.3, 0.4) is 0 Å². The maximum absolute atomic E-state index is 12.7. The number of carbonyl (C=O) groups excluding carboxylic acids is 1. The number of carbonyl (C=O) groups is 1. The number of ether oxygens (including phenoxy) is 1. The van der Waals surface area contributed by atoms with Gasteiger partial charge in [-0.05, 0) is 17.0 Å². The second-order valence-electron chi connectivity index (χ2n) is 5.60. The molecule has 0 saturated carbocycles. The number of aromatic nitrogens is 2. The molecule has 0 fully saturated rings. The molecule has 8 heteroatoms. The summed E-state index contributed by atoms with van der Waals surface area (Å²) in [6, 6.07) is 13.3. The summed E-state index contributed by atoms with van der Waals surface area (Å²) < 4.78 is 11.3. The molecule has 1 aromatic carbocycles. The van der Waals surface area contributed by atoms with Gasteiger partial charge >= 0.3 is 5.76 Å². The maximum atomic E-state index is 12.7. The standard InChI is InChI=1S/C18H19N3O4S/c1-24-10-9-20(12-14-6-3-2-4-7-14)16(22)13-21-18(23)25-17(19-21)15-8-5-11-26-15/h2-8,11H,9-10,12-13H2,1H3. The molecule has 2 aromatic heterocycles. The van der Waals surface area contributed by atoms with Crippen LogP contribution in [0.15, 0.2) is 57.1 Å². The minimum Gasteiger partial charge on any atom is -0.387 e. The fraction of sp³-hybridized carbons (Fsp3) is 0.278. The summed E-state index contributed by atoms with van der Waals surface area (Å²) in [5.74, 6) is -0.642. The molecule has 0 bridgehead atoms. The average Bonchev–Trinajstić information content (AvgIpc) is 3.30. The van der Waals surface area contributed by atoms with Gasteiger partial charge in [0, 0.05) is 20.2 Å². The second-order valence-corrected chi connectivity index (χ2v) is 6.55. The molecule has 7 nitrogen and oxygen atoms in total. The van der Waals surface area contributed by atoms with Crippen LogP contribution >= 0.6 is 11.3 Å². The Balaban J connectivity index is 1.74. The molecule has 0 spiro atoms. The zero-order valence-electron chi connectivity index (χ0n) is 14.3. The van der Waals surface area contributed by atoms with E-state index in [0.29, 0.717) is 19.7 Å². The van der Waals surface area contributed by atoms with Crippen LogP contribution in [0.5, 0.6) is 0 Å². The van der Waals surface area contributed by atoms with E-state index in [9.17, 15) is 9.59 Å². The molecular weight excluding hydrogens is 354 g/mol. The fourth-order valence-corrected chi connectivity index (χ4v) is 3.08. The number of thiophene rings is 1. The first kappa shape index (κ1) is 18.1. The van der Waals surface area contributed by atoms with Crippen molar-refractivity contribution in [2.24, 2.45) is 0 Å². The van der Waals surface area contributed by atoms with Crippen molar-refractivity contribution in [2.45, 2.75) is 13.1 Å². The van der Waals surface area contributed by atoms with Crippen molar-refractivity contribution in [3.63, 3.8) is 0 Å². The van der Waals surface area contributed by atoms with E-state index in [-0.39, 0.29) is 18.3 Å². The summed E-state index contributed by atoms with van der Waals surface area (Å²) in [7, 11) is 1.58. The summed E-state index contributed by atoms with van der Waals surface area (Å²) >= 11 is 1.42. The van der Waals surface area contributed by atoms with Gasteiger partial charge in [0.25, 0.3) is 5.89 Å². The van der Waals surface area contributed by atoms with Crippen LogP contribution in [-0.2, 0) is 22.6 Å². The largest absolute Gasteiger partial charge is 0.437 e. The van der Waals surface area contributed by atoms with E-state index in [4.69, 9.17) is 9.15 Å². The van der Waals surface area contributed by atoms with Gasteiger partial charge in [-0.15, -0.1) is 16.4 Å². The second kappa shape index (κ2) is 8.59. The van der Waals surface area contributed by atoms with Crippen LogP contribution in [-0.4, -0.2) is 40.8 Å². The Hall–Kier alpha value is -2.71. The lowest BCUT2D eigenvalue weighted by Crippen LogP contribution is -2.37. The summed E-state index contributed by atoms with van der Waals surface area (Å²) in [4.78, 5) is 27.1. The summed E-state index contributed by atoms with van der Waals surface area (Å²) in [6.07, 6.45) is 0. The van der Waals surface area contributed by atoms with E-state index in [1.807, 2.05) is 47.8 Å². The predicted molar refractivity (Wildman–Crippen MR) is 97.8 cm³/mol. The highest BCUT2D eigenvalue weighted by Gasteiger charge is 2.18. The lowest BCUT2D eigenvalue weighted by molar-refractivity contribution is -0.133. The molecule has 26 heavy (non-hydrogen) atoms. The van der Waals surface area contributed by atoms with Crippen molar-refractivity contribution >= 4 is 17.2 Å². The van der Waals surface area contributed by atoms with Crippen molar-refractivity contribution in [1.29, 1.82) is 0 Å². The number of hydrogen-bond donors (Lipinski definition) is 0. The van der Waals surface area contributed by atoms with E-state index < -0.39 is 5.76 Å². The highest BCUT2D eigenvalue weighted by Crippen LogP contribution is 2.21. The van der Waals surface area contributed by atoms with Gasteiger partial charge in [0.1, 0.15) is 6.54 Å². The molecule has 0 aliphatic heterocycles. The molecule has 0 aliphatic rings. The minimum absolute atomic E-state index is 0.176. The molecule has 136 valence electrons. The van der Waals surface area contributed by atoms with Gasteiger partial charge in [-0.2, -0.15) is 4.68 Å². The molecule has 0 N–H and O–H groups in total. The first-order chi connectivity index (χ1) is 12.7. The Morgan fingerprint density at radius 1 is 1.27 bits per heavy atom. The molecule has 2 heterocycles. The molecular formula is C18H19N3O4S. The van der Waals surface area contributed by atoms with Crippen LogP contribution in [0.4, 0.5) is 0 Å². The molecule has 1 amide bonds. The van der Waals surface area contributed by atoms with Crippen molar-refractivity contribution in [2.75, 3.05) is 20.3 Å². The van der Waals surface area contributed by atoms with Gasteiger partial charge in [-0.25, -0.2) is 4.79 Å². The van der Waals surface area contributed by atoms with E-state index in [2.05, 4.69) is 5.10 Å². The van der Waals surface area contributed by atoms with Gasteiger partial charge < -0.3 is 14.1 Å². The van der Waals surface area contributed by atoms with Gasteiger partial charge in [-0.3, -0.25) is 4.79 Å². The number of rotatable bonds is 8. The molecule has 0 unspecified atom stereocenters. The molecule has 3 rings (SSSR count).